The van der Waals surface area contributed by atoms with Crippen LogP contribution >= 0.6 is 7.60 Å². The summed E-state index contributed by atoms with van der Waals surface area (Å²) in [7, 11) is -2.27. The number of carbonyl (C=O) groups is 2. The van der Waals surface area contributed by atoms with Crippen LogP contribution < -0.4 is 10.0 Å². The average molecular weight is 462 g/mol. The minimum atomic E-state index is -3.55. The van der Waals surface area contributed by atoms with Gasteiger partial charge in [-0.25, -0.2) is 4.79 Å². The normalized spacial score (nSPS) is 11.8. The third kappa shape index (κ3) is 6.76. The van der Waals surface area contributed by atoms with Crippen LogP contribution in [0.1, 0.15) is 67.8 Å². The summed E-state index contributed by atoms with van der Waals surface area (Å²) in [6, 6.07) is 10.8. The van der Waals surface area contributed by atoms with E-state index < -0.39 is 13.6 Å². The van der Waals surface area contributed by atoms with Crippen molar-refractivity contribution in [2.45, 2.75) is 59.9 Å². The molecule has 0 aliphatic carbocycles. The topological polar surface area (TPSA) is 88.1 Å². The van der Waals surface area contributed by atoms with E-state index in [0.717, 1.165) is 0 Å². The zero-order chi connectivity index (χ0) is 24.1. The monoisotopic (exact) mass is 462 g/mol. The van der Waals surface area contributed by atoms with Gasteiger partial charge in [-0.15, -0.1) is 0 Å². The van der Waals surface area contributed by atoms with Gasteiger partial charge in [0.1, 0.15) is 5.75 Å². The van der Waals surface area contributed by atoms with Gasteiger partial charge in [0, 0.05) is 11.1 Å². The van der Waals surface area contributed by atoms with Crippen LogP contribution in [0.2, 0.25) is 0 Å². The Morgan fingerprint density at radius 3 is 1.75 bits per heavy atom. The molecule has 0 saturated carbocycles. The lowest BCUT2D eigenvalue weighted by Crippen LogP contribution is -2.17. The van der Waals surface area contributed by atoms with Gasteiger partial charge in [-0.05, 0) is 71.9 Å². The van der Waals surface area contributed by atoms with Crippen LogP contribution in [0.25, 0.3) is 0 Å². The Morgan fingerprint density at radius 2 is 1.28 bits per heavy atom. The Kier molecular flexibility index (Phi) is 8.79. The second-order valence-electron chi connectivity index (χ2n) is 8.09. The Hall–Kier alpha value is -2.47. The first-order chi connectivity index (χ1) is 14.9. The number of benzene rings is 2. The molecular weight excluding hydrogens is 431 g/mol. The Bertz CT molecular complexity index is 980. The summed E-state index contributed by atoms with van der Waals surface area (Å²) in [5.74, 6) is -0.496. The molecule has 32 heavy (non-hydrogen) atoms. The first kappa shape index (κ1) is 25.8. The van der Waals surface area contributed by atoms with Crippen LogP contribution in [-0.2, 0) is 18.3 Å². The maximum Gasteiger partial charge on any atom is 0.361 e. The SMILES string of the molecule is COC(=O)c1cc(OC(C)C)cc(C(=O)c2ccc(P(=O)(OC(C)C)OC(C)C)cc2)c1. The average Bonchev–Trinajstić information content (AvgIpc) is 2.70. The Morgan fingerprint density at radius 1 is 0.750 bits per heavy atom. The first-order valence-electron chi connectivity index (χ1n) is 10.5. The second kappa shape index (κ2) is 10.9. The van der Waals surface area contributed by atoms with E-state index in [1.54, 1.807) is 58.0 Å². The molecule has 0 heterocycles. The minimum Gasteiger partial charge on any atom is -0.491 e. The lowest BCUT2D eigenvalue weighted by atomic mass is 10.0. The van der Waals surface area contributed by atoms with E-state index in [-0.39, 0.29) is 35.2 Å². The summed E-state index contributed by atoms with van der Waals surface area (Å²) in [5, 5.41) is 0.364. The molecule has 0 aliphatic heterocycles. The van der Waals surface area contributed by atoms with Crippen LogP contribution in [-0.4, -0.2) is 37.2 Å². The van der Waals surface area contributed by atoms with Gasteiger partial charge in [0.15, 0.2) is 5.78 Å². The standard InChI is InChI=1S/C24H31O7P/c1-15(2)29-21-13-19(12-20(14-21)24(26)28-7)23(25)18-8-10-22(11-9-18)32(27,30-16(3)4)31-17(5)6/h8-17H,1-7H3. The highest BCUT2D eigenvalue weighted by Crippen LogP contribution is 2.49. The summed E-state index contributed by atoms with van der Waals surface area (Å²) in [6.45, 7) is 10.8. The third-order valence-electron chi connectivity index (χ3n) is 4.11. The smallest absolute Gasteiger partial charge is 0.361 e. The van der Waals surface area contributed by atoms with Crippen molar-refractivity contribution < 1.29 is 32.7 Å². The zero-order valence-corrected chi connectivity index (χ0v) is 20.5. The highest BCUT2D eigenvalue weighted by atomic mass is 31.2. The van der Waals surface area contributed by atoms with Crippen LogP contribution in [0.4, 0.5) is 0 Å². The first-order valence-corrected chi connectivity index (χ1v) is 12.0. The fourth-order valence-electron chi connectivity index (χ4n) is 2.97. The van der Waals surface area contributed by atoms with Crippen molar-refractivity contribution in [3.8, 4) is 5.75 Å². The largest absolute Gasteiger partial charge is 0.491 e. The van der Waals surface area contributed by atoms with Crippen molar-refractivity contribution >= 4 is 24.7 Å². The number of ketones is 1. The summed E-state index contributed by atoms with van der Waals surface area (Å²) >= 11 is 0. The predicted octanol–water partition coefficient (Wildman–Crippen LogP) is 5.16. The molecule has 174 valence electrons. The van der Waals surface area contributed by atoms with Crippen LogP contribution in [0.5, 0.6) is 5.75 Å². The van der Waals surface area contributed by atoms with Gasteiger partial charge in [-0.3, -0.25) is 9.36 Å². The van der Waals surface area contributed by atoms with E-state index in [2.05, 4.69) is 0 Å². The number of esters is 1. The predicted molar refractivity (Wildman–Crippen MR) is 123 cm³/mol. The van der Waals surface area contributed by atoms with Crippen molar-refractivity contribution in [2.24, 2.45) is 0 Å². The molecule has 0 atom stereocenters. The molecule has 7 nitrogen and oxygen atoms in total. The van der Waals surface area contributed by atoms with Gasteiger partial charge in [-0.2, -0.15) is 0 Å². The van der Waals surface area contributed by atoms with Gasteiger partial charge >= 0.3 is 13.6 Å². The molecule has 0 fully saturated rings. The van der Waals surface area contributed by atoms with Crippen molar-refractivity contribution in [3.63, 3.8) is 0 Å². The van der Waals surface area contributed by atoms with Crippen molar-refractivity contribution in [3.05, 3.63) is 59.2 Å². The van der Waals surface area contributed by atoms with Crippen molar-refractivity contribution in [1.82, 2.24) is 0 Å². The van der Waals surface area contributed by atoms with Crippen molar-refractivity contribution in [2.75, 3.05) is 7.11 Å². The van der Waals surface area contributed by atoms with E-state index in [1.807, 2.05) is 13.8 Å². The van der Waals surface area contributed by atoms with E-state index in [1.165, 1.54) is 19.2 Å². The molecule has 0 aliphatic rings. The maximum absolute atomic E-state index is 13.3. The number of methoxy groups -OCH3 is 1. The molecule has 2 rings (SSSR count). The van der Waals surface area contributed by atoms with Crippen LogP contribution in [0.15, 0.2) is 42.5 Å². The third-order valence-corrected chi connectivity index (χ3v) is 6.44. The number of carbonyl (C=O) groups excluding carboxylic acids is 2. The van der Waals surface area contributed by atoms with E-state index in [0.29, 0.717) is 16.6 Å². The van der Waals surface area contributed by atoms with Crippen LogP contribution in [0, 0.1) is 0 Å². The lowest BCUT2D eigenvalue weighted by molar-refractivity contribution is 0.0600. The second-order valence-corrected chi connectivity index (χ2v) is 10.0. The number of rotatable bonds is 10. The highest BCUT2D eigenvalue weighted by molar-refractivity contribution is 7.62. The molecule has 8 heteroatoms. The Labute approximate surface area is 189 Å². The molecular formula is C24H31O7P. The molecule has 2 aromatic carbocycles. The fourth-order valence-corrected chi connectivity index (χ4v) is 4.89. The molecule has 0 radical (unpaired) electrons. The summed E-state index contributed by atoms with van der Waals surface area (Å²) in [4.78, 5) is 25.2. The van der Waals surface area contributed by atoms with Gasteiger partial charge in [-0.1, -0.05) is 12.1 Å². The molecule has 0 saturated heterocycles. The lowest BCUT2D eigenvalue weighted by Gasteiger charge is -2.23. The molecule has 0 unspecified atom stereocenters. The number of hydrogen-bond donors (Lipinski definition) is 0. The summed E-state index contributed by atoms with van der Waals surface area (Å²) in [5.41, 5.74) is 0.842. The van der Waals surface area contributed by atoms with Crippen LogP contribution in [0.3, 0.4) is 0 Å². The highest BCUT2D eigenvalue weighted by Gasteiger charge is 2.30. The molecule has 0 N–H and O–H groups in total. The van der Waals surface area contributed by atoms with Gasteiger partial charge in [0.05, 0.1) is 36.3 Å². The van der Waals surface area contributed by atoms with E-state index in [4.69, 9.17) is 18.5 Å². The summed E-state index contributed by atoms with van der Waals surface area (Å²) < 4.78 is 35.0. The molecule has 0 aromatic heterocycles. The number of hydrogen-bond acceptors (Lipinski definition) is 7. The van der Waals surface area contributed by atoms with Gasteiger partial charge in [0.25, 0.3) is 0 Å². The fraction of sp³-hybridized carbons (Fsp3) is 0.417. The van der Waals surface area contributed by atoms with E-state index >= 15 is 0 Å². The minimum absolute atomic E-state index is 0.138. The van der Waals surface area contributed by atoms with Crippen molar-refractivity contribution in [1.29, 1.82) is 0 Å². The molecule has 0 amide bonds. The molecule has 0 bridgehead atoms. The van der Waals surface area contributed by atoms with Gasteiger partial charge in [0.2, 0.25) is 0 Å². The Balaban J connectivity index is 2.41. The molecule has 2 aromatic rings. The number of ether oxygens (including phenoxy) is 2. The van der Waals surface area contributed by atoms with E-state index in [9.17, 15) is 14.2 Å². The molecule has 0 spiro atoms. The maximum atomic E-state index is 13.3. The summed E-state index contributed by atoms with van der Waals surface area (Å²) in [6.07, 6.45) is -0.746. The van der Waals surface area contributed by atoms with Gasteiger partial charge < -0.3 is 18.5 Å². The quantitative estimate of drug-likeness (QED) is 0.274. The zero-order valence-electron chi connectivity index (χ0n) is 19.6.